The van der Waals surface area contributed by atoms with E-state index in [0.717, 1.165) is 50.3 Å². The van der Waals surface area contributed by atoms with Crippen LogP contribution >= 0.6 is 0 Å². The molecule has 2 aliphatic rings. The van der Waals surface area contributed by atoms with Crippen molar-refractivity contribution in [3.05, 3.63) is 71.5 Å². The van der Waals surface area contributed by atoms with Gasteiger partial charge in [0.05, 0.1) is 12.0 Å². The van der Waals surface area contributed by atoms with Gasteiger partial charge >= 0.3 is 0 Å². The number of halogens is 1. The van der Waals surface area contributed by atoms with E-state index < -0.39 is 0 Å². The van der Waals surface area contributed by atoms with Crippen molar-refractivity contribution < 1.29 is 9.18 Å². The second-order valence-electron chi connectivity index (χ2n) is 7.60. The number of nitrogens with one attached hydrogen (secondary N) is 2. The van der Waals surface area contributed by atoms with Crippen molar-refractivity contribution >= 4 is 5.91 Å². The molecule has 0 aliphatic carbocycles. The Hall–Kier alpha value is -2.28. The molecular formula is C22H27FN4O. The average molecular weight is 382 g/mol. The fourth-order valence-corrected chi connectivity index (χ4v) is 4.14. The molecule has 2 aliphatic heterocycles. The summed E-state index contributed by atoms with van der Waals surface area (Å²) in [4.78, 5) is 17.6. The number of hydrazine groups is 1. The molecule has 0 saturated carbocycles. The van der Waals surface area contributed by atoms with Crippen molar-refractivity contribution in [2.75, 3.05) is 32.7 Å². The Bertz CT molecular complexity index is 783. The van der Waals surface area contributed by atoms with Gasteiger partial charge in [-0.3, -0.25) is 15.1 Å². The summed E-state index contributed by atoms with van der Waals surface area (Å²) >= 11 is 0. The summed E-state index contributed by atoms with van der Waals surface area (Å²) in [5.41, 5.74) is 8.67. The molecule has 4 rings (SSSR count). The van der Waals surface area contributed by atoms with E-state index in [1.165, 1.54) is 12.1 Å². The minimum atomic E-state index is -0.205. The maximum absolute atomic E-state index is 13.2. The molecule has 6 heteroatoms. The molecule has 0 bridgehead atoms. The van der Waals surface area contributed by atoms with Crippen LogP contribution in [0.25, 0.3) is 0 Å². The lowest BCUT2D eigenvalue weighted by Gasteiger charge is -2.27. The van der Waals surface area contributed by atoms with Crippen LogP contribution in [0.2, 0.25) is 0 Å². The number of rotatable bonds is 4. The summed E-state index contributed by atoms with van der Waals surface area (Å²) in [6.07, 6.45) is 0.955. The highest BCUT2D eigenvalue weighted by Crippen LogP contribution is 2.26. The van der Waals surface area contributed by atoms with Gasteiger partial charge in [-0.2, -0.15) is 0 Å². The Morgan fingerprint density at radius 1 is 1.00 bits per heavy atom. The van der Waals surface area contributed by atoms with Crippen molar-refractivity contribution in [3.8, 4) is 0 Å². The molecular weight excluding hydrogens is 355 g/mol. The predicted octanol–water partition coefficient (Wildman–Crippen LogP) is 2.33. The maximum atomic E-state index is 13.2. The van der Waals surface area contributed by atoms with Crippen LogP contribution in [0.5, 0.6) is 0 Å². The SMILES string of the molecule is O=C(C1CNNC1c1ccccc1)N1CCCN(Cc2ccc(F)cc2)CC1. The quantitative estimate of drug-likeness (QED) is 0.852. The minimum absolute atomic E-state index is 0.00673. The third kappa shape index (κ3) is 4.41. The molecule has 2 atom stereocenters. The van der Waals surface area contributed by atoms with E-state index in [0.29, 0.717) is 6.54 Å². The Morgan fingerprint density at radius 2 is 1.79 bits per heavy atom. The zero-order valence-electron chi connectivity index (χ0n) is 16.0. The molecule has 0 radical (unpaired) electrons. The van der Waals surface area contributed by atoms with Crippen LogP contribution in [0.3, 0.4) is 0 Å². The van der Waals surface area contributed by atoms with Gasteiger partial charge in [-0.25, -0.2) is 9.82 Å². The highest BCUT2D eigenvalue weighted by atomic mass is 19.1. The van der Waals surface area contributed by atoms with Gasteiger partial charge in [0.2, 0.25) is 5.91 Å². The number of carbonyl (C=O) groups is 1. The van der Waals surface area contributed by atoms with Crippen LogP contribution in [0, 0.1) is 11.7 Å². The van der Waals surface area contributed by atoms with Crippen molar-refractivity contribution in [1.82, 2.24) is 20.7 Å². The Morgan fingerprint density at radius 3 is 2.57 bits per heavy atom. The highest BCUT2D eigenvalue weighted by molar-refractivity contribution is 5.80. The number of amides is 1. The van der Waals surface area contributed by atoms with Gasteiger partial charge in [0.1, 0.15) is 5.82 Å². The number of hydrogen-bond acceptors (Lipinski definition) is 4. The van der Waals surface area contributed by atoms with Gasteiger partial charge in [-0.15, -0.1) is 0 Å². The summed E-state index contributed by atoms with van der Waals surface area (Å²) in [5, 5.41) is 0. The lowest BCUT2D eigenvalue weighted by molar-refractivity contribution is -0.135. The van der Waals surface area contributed by atoms with E-state index in [9.17, 15) is 9.18 Å². The lowest BCUT2D eigenvalue weighted by Crippen LogP contribution is -2.41. The van der Waals surface area contributed by atoms with Crippen LogP contribution in [-0.4, -0.2) is 48.4 Å². The number of hydrogen-bond donors (Lipinski definition) is 2. The smallest absolute Gasteiger partial charge is 0.229 e. The van der Waals surface area contributed by atoms with Crippen LogP contribution in [0.1, 0.15) is 23.6 Å². The molecule has 2 saturated heterocycles. The predicted molar refractivity (Wildman–Crippen MR) is 107 cm³/mol. The Labute approximate surface area is 165 Å². The van der Waals surface area contributed by atoms with Crippen molar-refractivity contribution in [2.24, 2.45) is 5.92 Å². The normalized spacial score (nSPS) is 23.5. The summed E-state index contributed by atoms with van der Waals surface area (Å²) in [6.45, 7) is 4.75. The van der Waals surface area contributed by atoms with Crippen LogP contribution in [-0.2, 0) is 11.3 Å². The number of benzene rings is 2. The average Bonchev–Trinajstić information content (AvgIpc) is 3.10. The molecule has 2 unspecified atom stereocenters. The van der Waals surface area contributed by atoms with Gasteiger partial charge in [0.25, 0.3) is 0 Å². The van der Waals surface area contributed by atoms with E-state index in [1.54, 1.807) is 0 Å². The van der Waals surface area contributed by atoms with Crippen molar-refractivity contribution in [1.29, 1.82) is 0 Å². The van der Waals surface area contributed by atoms with Crippen molar-refractivity contribution in [2.45, 2.75) is 19.0 Å². The zero-order valence-corrected chi connectivity index (χ0v) is 16.0. The molecule has 2 aromatic carbocycles. The molecule has 2 heterocycles. The fourth-order valence-electron chi connectivity index (χ4n) is 4.14. The van der Waals surface area contributed by atoms with E-state index in [-0.39, 0.29) is 23.7 Å². The summed E-state index contributed by atoms with van der Waals surface area (Å²) in [6, 6.07) is 16.8. The summed E-state index contributed by atoms with van der Waals surface area (Å²) in [7, 11) is 0. The Balaban J connectivity index is 1.37. The second-order valence-corrected chi connectivity index (χ2v) is 7.60. The fraction of sp³-hybridized carbons (Fsp3) is 0.409. The third-order valence-corrected chi connectivity index (χ3v) is 5.68. The standard InChI is InChI=1S/C22H27FN4O/c23-19-9-7-17(8-10-19)16-26-11-4-12-27(14-13-26)22(28)20-15-24-25-21(20)18-5-2-1-3-6-18/h1-3,5-10,20-21,24-25H,4,11-16H2. The van der Waals surface area contributed by atoms with Gasteiger partial charge in [0, 0.05) is 39.3 Å². The Kier molecular flexibility index (Phi) is 6.00. The first-order chi connectivity index (χ1) is 13.7. The third-order valence-electron chi connectivity index (χ3n) is 5.68. The highest BCUT2D eigenvalue weighted by Gasteiger charge is 2.36. The molecule has 5 nitrogen and oxygen atoms in total. The first-order valence-electron chi connectivity index (χ1n) is 9.99. The molecule has 148 valence electrons. The van der Waals surface area contributed by atoms with E-state index >= 15 is 0 Å². The zero-order chi connectivity index (χ0) is 19.3. The molecule has 28 heavy (non-hydrogen) atoms. The first kappa shape index (κ1) is 19.1. The van der Waals surface area contributed by atoms with Crippen LogP contribution < -0.4 is 10.9 Å². The lowest BCUT2D eigenvalue weighted by atomic mass is 9.93. The van der Waals surface area contributed by atoms with E-state index in [4.69, 9.17) is 0 Å². The van der Waals surface area contributed by atoms with Crippen molar-refractivity contribution in [3.63, 3.8) is 0 Å². The van der Waals surface area contributed by atoms with Gasteiger partial charge in [-0.1, -0.05) is 42.5 Å². The van der Waals surface area contributed by atoms with Gasteiger partial charge in [-0.05, 0) is 29.7 Å². The second kappa shape index (κ2) is 8.82. The largest absolute Gasteiger partial charge is 0.341 e. The van der Waals surface area contributed by atoms with Gasteiger partial charge in [0.15, 0.2) is 0 Å². The molecule has 2 N–H and O–H groups in total. The first-order valence-corrected chi connectivity index (χ1v) is 9.99. The number of carbonyl (C=O) groups excluding carboxylic acids is 1. The topological polar surface area (TPSA) is 47.6 Å². The van der Waals surface area contributed by atoms with E-state index in [2.05, 4.69) is 27.9 Å². The van der Waals surface area contributed by atoms with Crippen LogP contribution in [0.15, 0.2) is 54.6 Å². The molecule has 1 amide bonds. The maximum Gasteiger partial charge on any atom is 0.229 e. The summed E-state index contributed by atoms with van der Waals surface area (Å²) < 4.78 is 13.1. The molecule has 2 fully saturated rings. The molecule has 2 aromatic rings. The van der Waals surface area contributed by atoms with E-state index in [1.807, 2.05) is 35.2 Å². The number of nitrogens with zero attached hydrogens (tertiary/aromatic N) is 2. The van der Waals surface area contributed by atoms with Crippen LogP contribution in [0.4, 0.5) is 4.39 Å². The van der Waals surface area contributed by atoms with Gasteiger partial charge < -0.3 is 4.90 Å². The summed E-state index contributed by atoms with van der Waals surface area (Å²) in [5.74, 6) is -0.0795. The molecule has 0 spiro atoms. The molecule has 0 aromatic heterocycles. The monoisotopic (exact) mass is 382 g/mol. The minimum Gasteiger partial charge on any atom is -0.341 e.